The van der Waals surface area contributed by atoms with Gasteiger partial charge in [0.1, 0.15) is 0 Å². The Labute approximate surface area is 127 Å². The molecule has 1 fully saturated rings. The predicted octanol–water partition coefficient (Wildman–Crippen LogP) is 3.00. The van der Waals surface area contributed by atoms with Gasteiger partial charge in [-0.15, -0.1) is 0 Å². The lowest BCUT2D eigenvalue weighted by atomic mass is 10.1. The number of hydrogen-bond donors (Lipinski definition) is 1. The van der Waals surface area contributed by atoms with Crippen LogP contribution < -0.4 is 9.47 Å². The van der Waals surface area contributed by atoms with E-state index in [4.69, 9.17) is 9.47 Å². The first-order chi connectivity index (χ1) is 10.2. The van der Waals surface area contributed by atoms with E-state index in [9.17, 15) is 5.11 Å². The van der Waals surface area contributed by atoms with Crippen LogP contribution >= 0.6 is 0 Å². The number of aliphatic hydroxyl groups is 1. The summed E-state index contributed by atoms with van der Waals surface area (Å²) in [5.41, 5.74) is 0.879. The molecule has 4 heteroatoms. The van der Waals surface area contributed by atoms with Gasteiger partial charge in [-0.1, -0.05) is 18.9 Å². The third kappa shape index (κ3) is 4.11. The molecule has 2 rings (SSSR count). The van der Waals surface area contributed by atoms with E-state index in [0.29, 0.717) is 24.1 Å². The van der Waals surface area contributed by atoms with Crippen LogP contribution in [-0.2, 0) is 0 Å². The first-order valence-electron chi connectivity index (χ1n) is 7.79. The summed E-state index contributed by atoms with van der Waals surface area (Å²) in [6.45, 7) is 4.01. The Morgan fingerprint density at radius 2 is 1.95 bits per heavy atom. The van der Waals surface area contributed by atoms with Crippen LogP contribution in [0.3, 0.4) is 0 Å². The Balaban J connectivity index is 2.06. The SMILES string of the molecule is COc1ccc(C(O)CN2CCCCCC2C)cc1OC. The van der Waals surface area contributed by atoms with Gasteiger partial charge < -0.3 is 14.6 Å². The first-order valence-corrected chi connectivity index (χ1v) is 7.79. The summed E-state index contributed by atoms with van der Waals surface area (Å²) in [4.78, 5) is 2.40. The number of benzene rings is 1. The third-order valence-electron chi connectivity index (χ3n) is 4.39. The van der Waals surface area contributed by atoms with Gasteiger partial charge in [0.25, 0.3) is 0 Å². The summed E-state index contributed by atoms with van der Waals surface area (Å²) in [6, 6.07) is 6.17. The molecule has 0 amide bonds. The van der Waals surface area contributed by atoms with Gasteiger partial charge in [0.15, 0.2) is 11.5 Å². The number of rotatable bonds is 5. The van der Waals surface area contributed by atoms with Crippen molar-refractivity contribution < 1.29 is 14.6 Å². The molecule has 1 aromatic carbocycles. The maximum Gasteiger partial charge on any atom is 0.161 e. The number of aliphatic hydroxyl groups excluding tert-OH is 1. The highest BCUT2D eigenvalue weighted by atomic mass is 16.5. The largest absolute Gasteiger partial charge is 0.493 e. The van der Waals surface area contributed by atoms with Gasteiger partial charge in [-0.3, -0.25) is 4.90 Å². The average Bonchev–Trinajstić information content (AvgIpc) is 2.71. The number of nitrogens with zero attached hydrogens (tertiary/aromatic N) is 1. The second kappa shape index (κ2) is 7.66. The van der Waals surface area contributed by atoms with E-state index < -0.39 is 6.10 Å². The molecule has 1 heterocycles. The molecule has 1 aliphatic heterocycles. The van der Waals surface area contributed by atoms with Crippen LogP contribution in [0.4, 0.5) is 0 Å². The number of methoxy groups -OCH3 is 2. The molecule has 0 aliphatic carbocycles. The molecule has 1 aliphatic rings. The lowest BCUT2D eigenvalue weighted by molar-refractivity contribution is 0.0926. The van der Waals surface area contributed by atoms with Crippen LogP contribution in [0.2, 0.25) is 0 Å². The van der Waals surface area contributed by atoms with Crippen LogP contribution in [0.25, 0.3) is 0 Å². The van der Waals surface area contributed by atoms with Crippen molar-refractivity contribution >= 4 is 0 Å². The molecule has 4 nitrogen and oxygen atoms in total. The molecule has 118 valence electrons. The number of ether oxygens (including phenoxy) is 2. The topological polar surface area (TPSA) is 41.9 Å². The first kappa shape index (κ1) is 16.1. The molecule has 0 saturated carbocycles. The minimum atomic E-state index is -0.495. The standard InChI is InChI=1S/C17H27NO3/c1-13-7-5-4-6-10-18(13)12-15(19)14-8-9-16(20-2)17(11-14)21-3/h8-9,11,13,15,19H,4-7,10,12H2,1-3H3. The molecular formula is C17H27NO3. The van der Waals surface area contributed by atoms with Crippen molar-refractivity contribution in [2.24, 2.45) is 0 Å². The van der Waals surface area contributed by atoms with Gasteiger partial charge in [0.2, 0.25) is 0 Å². The lowest BCUT2D eigenvalue weighted by Gasteiger charge is -2.29. The summed E-state index contributed by atoms with van der Waals surface area (Å²) in [6.07, 6.45) is 4.55. The van der Waals surface area contributed by atoms with Crippen LogP contribution in [0.5, 0.6) is 11.5 Å². The Kier molecular flexibility index (Phi) is 5.88. The zero-order valence-electron chi connectivity index (χ0n) is 13.3. The Bertz CT molecular complexity index is 450. The highest BCUT2D eigenvalue weighted by Gasteiger charge is 2.21. The Morgan fingerprint density at radius 3 is 2.67 bits per heavy atom. The van der Waals surface area contributed by atoms with E-state index in [1.54, 1.807) is 14.2 Å². The highest BCUT2D eigenvalue weighted by molar-refractivity contribution is 5.43. The molecular weight excluding hydrogens is 266 g/mol. The van der Waals surface area contributed by atoms with Crippen LogP contribution in [0.15, 0.2) is 18.2 Å². The van der Waals surface area contributed by atoms with Crippen molar-refractivity contribution in [3.8, 4) is 11.5 Å². The van der Waals surface area contributed by atoms with E-state index in [2.05, 4.69) is 11.8 Å². The van der Waals surface area contributed by atoms with Crippen molar-refractivity contribution in [3.05, 3.63) is 23.8 Å². The van der Waals surface area contributed by atoms with Crippen molar-refractivity contribution in [2.75, 3.05) is 27.3 Å². The summed E-state index contributed by atoms with van der Waals surface area (Å²) in [7, 11) is 3.23. The normalized spacial score (nSPS) is 21.6. The van der Waals surface area contributed by atoms with E-state index in [-0.39, 0.29) is 0 Å². The zero-order chi connectivity index (χ0) is 15.2. The molecule has 2 atom stereocenters. The molecule has 0 bridgehead atoms. The number of likely N-dealkylation sites (tertiary alicyclic amines) is 1. The van der Waals surface area contributed by atoms with E-state index >= 15 is 0 Å². The molecule has 0 radical (unpaired) electrons. The minimum absolute atomic E-state index is 0.495. The number of hydrogen-bond acceptors (Lipinski definition) is 4. The fraction of sp³-hybridized carbons (Fsp3) is 0.647. The molecule has 2 unspecified atom stereocenters. The third-order valence-corrected chi connectivity index (χ3v) is 4.39. The Hall–Kier alpha value is -1.26. The minimum Gasteiger partial charge on any atom is -0.493 e. The molecule has 1 N–H and O–H groups in total. The fourth-order valence-corrected chi connectivity index (χ4v) is 2.99. The lowest BCUT2D eigenvalue weighted by Crippen LogP contribution is -2.36. The fourth-order valence-electron chi connectivity index (χ4n) is 2.99. The van der Waals surface area contributed by atoms with Gasteiger partial charge >= 0.3 is 0 Å². The zero-order valence-corrected chi connectivity index (χ0v) is 13.3. The summed E-state index contributed by atoms with van der Waals surface area (Å²) in [5.74, 6) is 1.36. The molecule has 0 aromatic heterocycles. The van der Waals surface area contributed by atoms with Crippen molar-refractivity contribution in [3.63, 3.8) is 0 Å². The number of β-amino-alcohol motifs (C(OH)–C–C–N with tert-alkyl or cyclic N) is 1. The van der Waals surface area contributed by atoms with Gasteiger partial charge in [-0.2, -0.15) is 0 Å². The van der Waals surface area contributed by atoms with Gasteiger partial charge in [0, 0.05) is 12.6 Å². The predicted molar refractivity (Wildman–Crippen MR) is 84.0 cm³/mol. The summed E-state index contributed by atoms with van der Waals surface area (Å²) >= 11 is 0. The van der Waals surface area contributed by atoms with E-state index in [1.807, 2.05) is 18.2 Å². The van der Waals surface area contributed by atoms with Crippen LogP contribution in [0.1, 0.15) is 44.3 Å². The van der Waals surface area contributed by atoms with Crippen LogP contribution in [0, 0.1) is 0 Å². The summed E-state index contributed by atoms with van der Waals surface area (Å²) < 4.78 is 10.5. The maximum absolute atomic E-state index is 10.5. The van der Waals surface area contributed by atoms with Gasteiger partial charge in [-0.25, -0.2) is 0 Å². The van der Waals surface area contributed by atoms with Gasteiger partial charge in [0.05, 0.1) is 20.3 Å². The van der Waals surface area contributed by atoms with E-state index in [1.165, 1.54) is 25.7 Å². The molecule has 1 aromatic rings. The highest BCUT2D eigenvalue weighted by Crippen LogP contribution is 2.30. The molecule has 21 heavy (non-hydrogen) atoms. The quantitative estimate of drug-likeness (QED) is 0.906. The van der Waals surface area contributed by atoms with Crippen LogP contribution in [-0.4, -0.2) is 43.4 Å². The Morgan fingerprint density at radius 1 is 1.19 bits per heavy atom. The smallest absolute Gasteiger partial charge is 0.161 e. The molecule has 0 spiro atoms. The summed E-state index contributed by atoms with van der Waals surface area (Å²) in [5, 5.41) is 10.5. The second-order valence-electron chi connectivity index (χ2n) is 5.82. The van der Waals surface area contributed by atoms with Crippen molar-refractivity contribution in [2.45, 2.75) is 44.8 Å². The molecule has 1 saturated heterocycles. The maximum atomic E-state index is 10.5. The van der Waals surface area contributed by atoms with Crippen molar-refractivity contribution in [1.29, 1.82) is 0 Å². The van der Waals surface area contributed by atoms with Gasteiger partial charge in [-0.05, 0) is 44.0 Å². The average molecular weight is 293 g/mol. The second-order valence-corrected chi connectivity index (χ2v) is 5.82. The monoisotopic (exact) mass is 293 g/mol. The van der Waals surface area contributed by atoms with Crippen molar-refractivity contribution in [1.82, 2.24) is 4.90 Å². The van der Waals surface area contributed by atoms with E-state index in [0.717, 1.165) is 12.1 Å².